The average molecular weight is 296 g/mol. The van der Waals surface area contributed by atoms with Crippen molar-refractivity contribution in [2.24, 2.45) is 16.6 Å². The number of nitrogens with two attached hydrogens (primary N) is 1. The standard InChI is InChI=1S/C17H32N2O2/c1-5-21-13-11-12(17(13)9-7-6-8-10-17)19-15(20)14(18)16(2,3)4/h12-14H,5-11,18H2,1-4H3,(H,19,20)/t12?,13?,14-/m1/s1. The monoisotopic (exact) mass is 296 g/mol. The van der Waals surface area contributed by atoms with Crippen molar-refractivity contribution in [3.05, 3.63) is 0 Å². The highest BCUT2D eigenvalue weighted by Crippen LogP contribution is 2.53. The molecule has 0 aliphatic heterocycles. The molecule has 4 nitrogen and oxygen atoms in total. The first-order chi connectivity index (χ1) is 9.81. The van der Waals surface area contributed by atoms with E-state index < -0.39 is 6.04 Å². The Morgan fingerprint density at radius 1 is 1.33 bits per heavy atom. The Morgan fingerprint density at radius 2 is 1.95 bits per heavy atom. The van der Waals surface area contributed by atoms with Gasteiger partial charge in [-0.25, -0.2) is 0 Å². The summed E-state index contributed by atoms with van der Waals surface area (Å²) in [4.78, 5) is 12.4. The zero-order chi connectivity index (χ0) is 15.7. The molecule has 0 aromatic rings. The molecule has 0 heterocycles. The van der Waals surface area contributed by atoms with Gasteiger partial charge >= 0.3 is 0 Å². The van der Waals surface area contributed by atoms with E-state index in [-0.39, 0.29) is 22.8 Å². The van der Waals surface area contributed by atoms with Gasteiger partial charge in [0.25, 0.3) is 0 Å². The van der Waals surface area contributed by atoms with Crippen LogP contribution in [-0.2, 0) is 9.53 Å². The lowest BCUT2D eigenvalue weighted by Crippen LogP contribution is -2.67. The minimum Gasteiger partial charge on any atom is -0.378 e. The molecular weight excluding hydrogens is 264 g/mol. The lowest BCUT2D eigenvalue weighted by atomic mass is 9.55. The number of amides is 1. The SMILES string of the molecule is CCOC1CC(NC(=O)[C@@H](N)C(C)(C)C)C12CCCCC2. The molecule has 0 bridgehead atoms. The van der Waals surface area contributed by atoms with Crippen LogP contribution in [-0.4, -0.2) is 30.7 Å². The molecule has 2 aliphatic rings. The summed E-state index contributed by atoms with van der Waals surface area (Å²) >= 11 is 0. The summed E-state index contributed by atoms with van der Waals surface area (Å²) in [6, 6.07) is -0.209. The third kappa shape index (κ3) is 3.26. The van der Waals surface area contributed by atoms with Crippen molar-refractivity contribution in [3.63, 3.8) is 0 Å². The zero-order valence-corrected chi connectivity index (χ0v) is 14.1. The number of hydrogen-bond acceptors (Lipinski definition) is 3. The van der Waals surface area contributed by atoms with Crippen molar-refractivity contribution >= 4 is 5.91 Å². The van der Waals surface area contributed by atoms with Crippen molar-refractivity contribution < 1.29 is 9.53 Å². The second-order valence-corrected chi connectivity index (χ2v) is 7.88. The predicted octanol–water partition coefficient (Wildman–Crippen LogP) is 2.60. The Balaban J connectivity index is 2.01. The van der Waals surface area contributed by atoms with Crippen molar-refractivity contribution in [2.75, 3.05) is 6.61 Å². The van der Waals surface area contributed by atoms with Crippen LogP contribution in [0.15, 0.2) is 0 Å². The van der Waals surface area contributed by atoms with E-state index in [1.165, 1.54) is 32.1 Å². The second-order valence-electron chi connectivity index (χ2n) is 7.88. The summed E-state index contributed by atoms with van der Waals surface area (Å²) in [5.74, 6) is -0.00704. The number of carbonyl (C=O) groups is 1. The number of carbonyl (C=O) groups excluding carboxylic acids is 1. The van der Waals surface area contributed by atoms with E-state index in [9.17, 15) is 4.79 Å². The van der Waals surface area contributed by atoms with Crippen LogP contribution in [0, 0.1) is 10.8 Å². The Labute approximate surface area is 129 Å². The van der Waals surface area contributed by atoms with Gasteiger partial charge in [-0.1, -0.05) is 40.0 Å². The maximum absolute atomic E-state index is 12.4. The van der Waals surface area contributed by atoms with Crippen LogP contribution in [0.4, 0.5) is 0 Å². The molecule has 2 rings (SSSR count). The Morgan fingerprint density at radius 3 is 2.48 bits per heavy atom. The molecule has 3 N–H and O–H groups in total. The van der Waals surface area contributed by atoms with Crippen LogP contribution in [0.1, 0.15) is 66.2 Å². The van der Waals surface area contributed by atoms with E-state index in [0.717, 1.165) is 13.0 Å². The van der Waals surface area contributed by atoms with Crippen molar-refractivity contribution in [1.82, 2.24) is 5.32 Å². The zero-order valence-electron chi connectivity index (χ0n) is 14.1. The lowest BCUT2D eigenvalue weighted by molar-refractivity contribution is -0.158. The third-order valence-corrected chi connectivity index (χ3v) is 5.47. The molecule has 2 aliphatic carbocycles. The maximum atomic E-state index is 12.4. The van der Waals surface area contributed by atoms with E-state index in [0.29, 0.717) is 6.10 Å². The molecule has 0 radical (unpaired) electrons. The lowest BCUT2D eigenvalue weighted by Gasteiger charge is -2.58. The van der Waals surface area contributed by atoms with E-state index in [4.69, 9.17) is 10.5 Å². The molecule has 122 valence electrons. The summed E-state index contributed by atoms with van der Waals surface area (Å²) in [6.07, 6.45) is 7.42. The highest BCUT2D eigenvalue weighted by Gasteiger charge is 2.56. The van der Waals surface area contributed by atoms with Crippen LogP contribution < -0.4 is 11.1 Å². The highest BCUT2D eigenvalue weighted by molar-refractivity contribution is 5.82. The van der Waals surface area contributed by atoms with Gasteiger partial charge in [-0.3, -0.25) is 4.79 Å². The van der Waals surface area contributed by atoms with Crippen molar-refractivity contribution in [1.29, 1.82) is 0 Å². The molecular formula is C17H32N2O2. The summed E-state index contributed by atoms with van der Waals surface area (Å²) in [7, 11) is 0. The summed E-state index contributed by atoms with van der Waals surface area (Å²) < 4.78 is 5.93. The average Bonchev–Trinajstić information content (AvgIpc) is 2.45. The molecule has 2 unspecified atom stereocenters. The van der Waals surface area contributed by atoms with Crippen LogP contribution >= 0.6 is 0 Å². The van der Waals surface area contributed by atoms with E-state index in [1.54, 1.807) is 0 Å². The molecule has 1 spiro atoms. The largest absolute Gasteiger partial charge is 0.378 e. The normalized spacial score (nSPS) is 29.8. The van der Waals surface area contributed by atoms with Gasteiger partial charge in [0.15, 0.2) is 0 Å². The smallest absolute Gasteiger partial charge is 0.237 e. The van der Waals surface area contributed by atoms with Crippen LogP contribution in [0.5, 0.6) is 0 Å². The predicted molar refractivity (Wildman–Crippen MR) is 84.9 cm³/mol. The minimum atomic E-state index is -0.454. The quantitative estimate of drug-likeness (QED) is 0.838. The van der Waals surface area contributed by atoms with Gasteiger partial charge in [0.1, 0.15) is 0 Å². The fourth-order valence-electron chi connectivity index (χ4n) is 3.92. The third-order valence-electron chi connectivity index (χ3n) is 5.47. The molecule has 0 aromatic carbocycles. The number of nitrogens with one attached hydrogen (secondary N) is 1. The van der Waals surface area contributed by atoms with Gasteiger partial charge in [0, 0.05) is 18.1 Å². The Kier molecular flexibility index (Phi) is 4.99. The molecule has 4 heteroatoms. The molecule has 2 fully saturated rings. The molecule has 0 aromatic heterocycles. The number of hydrogen-bond donors (Lipinski definition) is 2. The minimum absolute atomic E-state index is 0.00704. The van der Waals surface area contributed by atoms with Gasteiger partial charge in [0.2, 0.25) is 5.91 Å². The molecule has 3 atom stereocenters. The molecule has 2 saturated carbocycles. The Bertz CT molecular complexity index is 369. The van der Waals surface area contributed by atoms with Gasteiger partial charge < -0.3 is 15.8 Å². The molecule has 21 heavy (non-hydrogen) atoms. The van der Waals surface area contributed by atoms with Crippen molar-refractivity contribution in [2.45, 2.75) is 84.4 Å². The van der Waals surface area contributed by atoms with Crippen molar-refractivity contribution in [3.8, 4) is 0 Å². The summed E-state index contributed by atoms with van der Waals surface area (Å²) in [5, 5.41) is 3.23. The summed E-state index contributed by atoms with van der Waals surface area (Å²) in [5.41, 5.74) is 6.06. The highest BCUT2D eigenvalue weighted by atomic mass is 16.5. The fourth-order valence-corrected chi connectivity index (χ4v) is 3.92. The van der Waals surface area contributed by atoms with Crippen LogP contribution in [0.2, 0.25) is 0 Å². The molecule has 1 amide bonds. The first-order valence-electron chi connectivity index (χ1n) is 8.49. The van der Waals surface area contributed by atoms with Gasteiger partial charge in [-0.05, 0) is 31.6 Å². The first kappa shape index (κ1) is 16.8. The van der Waals surface area contributed by atoms with Gasteiger partial charge in [-0.15, -0.1) is 0 Å². The topological polar surface area (TPSA) is 64.3 Å². The van der Waals surface area contributed by atoms with Gasteiger partial charge in [-0.2, -0.15) is 0 Å². The van der Waals surface area contributed by atoms with E-state index in [1.807, 2.05) is 20.8 Å². The van der Waals surface area contributed by atoms with E-state index in [2.05, 4.69) is 12.2 Å². The fraction of sp³-hybridized carbons (Fsp3) is 0.941. The summed E-state index contributed by atoms with van der Waals surface area (Å²) in [6.45, 7) is 8.85. The first-order valence-corrected chi connectivity index (χ1v) is 8.49. The maximum Gasteiger partial charge on any atom is 0.237 e. The number of ether oxygens (including phenoxy) is 1. The second kappa shape index (κ2) is 6.25. The Hall–Kier alpha value is -0.610. The molecule has 0 saturated heterocycles. The number of rotatable bonds is 4. The van der Waals surface area contributed by atoms with Gasteiger partial charge in [0.05, 0.1) is 12.1 Å². The van der Waals surface area contributed by atoms with E-state index >= 15 is 0 Å². The van der Waals surface area contributed by atoms with Crippen LogP contribution in [0.3, 0.4) is 0 Å². The van der Waals surface area contributed by atoms with Crippen LogP contribution in [0.25, 0.3) is 0 Å².